The van der Waals surface area contributed by atoms with Crippen LogP contribution >= 0.6 is 15.9 Å². The van der Waals surface area contributed by atoms with Crippen LogP contribution in [0.1, 0.15) is 12.5 Å². The van der Waals surface area contributed by atoms with Crippen LogP contribution in [0, 0.1) is 0 Å². The summed E-state index contributed by atoms with van der Waals surface area (Å²) in [6, 6.07) is 5.07. The molecule has 128 valence electrons. The third kappa shape index (κ3) is 4.02. The van der Waals surface area contributed by atoms with Gasteiger partial charge in [0.15, 0.2) is 0 Å². The van der Waals surface area contributed by atoms with Gasteiger partial charge in [-0.15, -0.1) is 0 Å². The molecule has 1 amide bonds. The van der Waals surface area contributed by atoms with Crippen LogP contribution in [0.2, 0.25) is 0 Å². The average molecular weight is 404 g/mol. The first-order chi connectivity index (χ1) is 11.2. The molecule has 2 aromatic heterocycles. The van der Waals surface area contributed by atoms with Crippen molar-refractivity contribution in [2.75, 3.05) is 11.4 Å². The fraction of sp³-hybridized carbons (Fsp3) is 0.267. The molecule has 0 bridgehead atoms. The van der Waals surface area contributed by atoms with Crippen molar-refractivity contribution in [3.05, 3.63) is 57.0 Å². The minimum Gasteiger partial charge on any atom is -0.306 e. The molecular weight excluding hydrogens is 391 g/mol. The maximum absolute atomic E-state index is 12.8. The molecule has 0 saturated carbocycles. The van der Waals surface area contributed by atoms with Crippen LogP contribution in [0.15, 0.2) is 45.9 Å². The first kappa shape index (κ1) is 18.2. The summed E-state index contributed by atoms with van der Waals surface area (Å²) in [5.74, 6) is -0.181. The van der Waals surface area contributed by atoms with Crippen molar-refractivity contribution < 1.29 is 18.0 Å². The largest absolute Gasteiger partial charge is 0.421 e. The third-order valence-corrected chi connectivity index (χ3v) is 3.71. The van der Waals surface area contributed by atoms with Gasteiger partial charge in [0, 0.05) is 23.4 Å². The molecule has 0 N–H and O–H groups in total. The van der Waals surface area contributed by atoms with Gasteiger partial charge in [0.05, 0.1) is 0 Å². The van der Waals surface area contributed by atoms with Gasteiger partial charge in [0.1, 0.15) is 17.9 Å². The van der Waals surface area contributed by atoms with Crippen molar-refractivity contribution >= 4 is 27.7 Å². The molecule has 2 rings (SSSR count). The molecule has 0 aliphatic heterocycles. The highest BCUT2D eigenvalue weighted by Crippen LogP contribution is 2.26. The number of amides is 1. The molecule has 0 aliphatic rings. The van der Waals surface area contributed by atoms with Gasteiger partial charge in [0.2, 0.25) is 5.91 Å². The van der Waals surface area contributed by atoms with Crippen molar-refractivity contribution in [1.82, 2.24) is 9.55 Å². The van der Waals surface area contributed by atoms with E-state index in [1.807, 2.05) is 0 Å². The molecule has 0 spiro atoms. The monoisotopic (exact) mass is 403 g/mol. The van der Waals surface area contributed by atoms with E-state index in [1.165, 1.54) is 11.1 Å². The predicted octanol–water partition coefficient (Wildman–Crippen LogP) is 3.08. The lowest BCUT2D eigenvalue weighted by molar-refractivity contribution is -0.139. The SMILES string of the molecule is CCN(C(=O)Cn1cccc(C(F)(F)F)c1=O)c1ccc(Br)cn1. The van der Waals surface area contributed by atoms with Crippen LogP contribution in [0.3, 0.4) is 0 Å². The number of hydrogen-bond donors (Lipinski definition) is 0. The number of carbonyl (C=O) groups excluding carboxylic acids is 1. The fourth-order valence-corrected chi connectivity index (χ4v) is 2.34. The molecule has 2 aromatic rings. The molecule has 0 aliphatic carbocycles. The molecule has 0 fully saturated rings. The summed E-state index contributed by atoms with van der Waals surface area (Å²) >= 11 is 3.23. The van der Waals surface area contributed by atoms with E-state index in [2.05, 4.69) is 20.9 Å². The summed E-state index contributed by atoms with van der Waals surface area (Å²) in [6.07, 6.45) is -2.11. The first-order valence-corrected chi connectivity index (χ1v) is 7.72. The van der Waals surface area contributed by atoms with E-state index in [0.29, 0.717) is 11.9 Å². The minimum absolute atomic E-state index is 0.265. The number of likely N-dealkylation sites (N-methyl/N-ethyl adjacent to an activating group) is 1. The average Bonchev–Trinajstić information content (AvgIpc) is 2.51. The number of hydrogen-bond acceptors (Lipinski definition) is 3. The van der Waals surface area contributed by atoms with Crippen molar-refractivity contribution in [3.8, 4) is 0 Å². The highest BCUT2D eigenvalue weighted by Gasteiger charge is 2.34. The zero-order chi connectivity index (χ0) is 17.9. The Balaban J connectivity index is 2.28. The number of aromatic nitrogens is 2. The van der Waals surface area contributed by atoms with Gasteiger partial charge >= 0.3 is 6.18 Å². The highest BCUT2D eigenvalue weighted by molar-refractivity contribution is 9.10. The van der Waals surface area contributed by atoms with E-state index in [4.69, 9.17) is 0 Å². The smallest absolute Gasteiger partial charge is 0.306 e. The molecule has 5 nitrogen and oxygen atoms in total. The predicted molar refractivity (Wildman–Crippen MR) is 85.7 cm³/mol. The Morgan fingerprint density at radius 3 is 2.58 bits per heavy atom. The van der Waals surface area contributed by atoms with Gasteiger partial charge in [-0.3, -0.25) is 14.5 Å². The van der Waals surface area contributed by atoms with Crippen molar-refractivity contribution in [2.45, 2.75) is 19.6 Å². The van der Waals surface area contributed by atoms with Crippen LogP contribution in [0.25, 0.3) is 0 Å². The summed E-state index contributed by atoms with van der Waals surface area (Å²) in [7, 11) is 0. The molecular formula is C15H13BrF3N3O2. The van der Waals surface area contributed by atoms with Gasteiger partial charge in [0.25, 0.3) is 5.56 Å². The lowest BCUT2D eigenvalue weighted by atomic mass is 10.2. The summed E-state index contributed by atoms with van der Waals surface area (Å²) < 4.78 is 39.8. The Hall–Kier alpha value is -2.16. The molecule has 2 heterocycles. The molecule has 0 saturated heterocycles. The Morgan fingerprint density at radius 2 is 2.04 bits per heavy atom. The van der Waals surface area contributed by atoms with E-state index < -0.39 is 29.8 Å². The van der Waals surface area contributed by atoms with Crippen LogP contribution in [0.5, 0.6) is 0 Å². The number of halogens is 4. The van der Waals surface area contributed by atoms with E-state index >= 15 is 0 Å². The van der Waals surface area contributed by atoms with E-state index in [0.717, 1.165) is 21.3 Å². The minimum atomic E-state index is -4.76. The highest BCUT2D eigenvalue weighted by atomic mass is 79.9. The van der Waals surface area contributed by atoms with E-state index in [9.17, 15) is 22.8 Å². The van der Waals surface area contributed by atoms with Crippen LogP contribution in [-0.2, 0) is 17.5 Å². The third-order valence-electron chi connectivity index (χ3n) is 3.24. The fourth-order valence-electron chi connectivity index (χ4n) is 2.10. The molecule has 0 radical (unpaired) electrons. The topological polar surface area (TPSA) is 55.2 Å². The number of alkyl halides is 3. The van der Waals surface area contributed by atoms with Gasteiger partial charge in [-0.1, -0.05) is 0 Å². The Bertz CT molecular complexity index is 788. The molecule has 0 unspecified atom stereocenters. The van der Waals surface area contributed by atoms with Crippen molar-refractivity contribution in [2.24, 2.45) is 0 Å². The maximum atomic E-state index is 12.8. The second-order valence-electron chi connectivity index (χ2n) is 4.83. The van der Waals surface area contributed by atoms with Gasteiger partial charge in [-0.2, -0.15) is 13.2 Å². The lowest BCUT2D eigenvalue weighted by Crippen LogP contribution is -2.38. The normalized spacial score (nSPS) is 11.4. The second-order valence-corrected chi connectivity index (χ2v) is 5.74. The Labute approximate surface area is 143 Å². The van der Waals surface area contributed by atoms with Crippen molar-refractivity contribution in [3.63, 3.8) is 0 Å². The first-order valence-electron chi connectivity index (χ1n) is 6.92. The van der Waals surface area contributed by atoms with E-state index in [1.54, 1.807) is 19.1 Å². The van der Waals surface area contributed by atoms with E-state index in [-0.39, 0.29) is 6.54 Å². The molecule has 0 atom stereocenters. The second kappa shape index (κ2) is 7.16. The molecule has 9 heteroatoms. The standard InChI is InChI=1S/C15H13BrF3N3O2/c1-2-22(12-6-5-10(16)8-20-12)13(23)9-21-7-3-4-11(14(21)24)15(17,18)19/h3-8H,2,9H2,1H3. The van der Waals surface area contributed by atoms with Gasteiger partial charge < -0.3 is 4.57 Å². The number of pyridine rings is 2. The molecule has 0 aromatic carbocycles. The zero-order valence-electron chi connectivity index (χ0n) is 12.5. The van der Waals surface area contributed by atoms with Gasteiger partial charge in [-0.05, 0) is 47.1 Å². The quantitative estimate of drug-likeness (QED) is 0.787. The number of rotatable bonds is 4. The van der Waals surface area contributed by atoms with Crippen LogP contribution < -0.4 is 10.5 Å². The Kier molecular flexibility index (Phi) is 5.43. The molecule has 24 heavy (non-hydrogen) atoms. The number of carbonyl (C=O) groups is 1. The summed E-state index contributed by atoms with van der Waals surface area (Å²) in [5.41, 5.74) is -2.55. The van der Waals surface area contributed by atoms with Crippen molar-refractivity contribution in [1.29, 1.82) is 0 Å². The number of anilines is 1. The summed E-state index contributed by atoms with van der Waals surface area (Å²) in [5, 5.41) is 0. The summed E-state index contributed by atoms with van der Waals surface area (Å²) in [4.78, 5) is 29.6. The lowest BCUT2D eigenvalue weighted by Gasteiger charge is -2.20. The van der Waals surface area contributed by atoms with Crippen LogP contribution in [0.4, 0.5) is 19.0 Å². The van der Waals surface area contributed by atoms with Gasteiger partial charge in [-0.25, -0.2) is 4.98 Å². The Morgan fingerprint density at radius 1 is 1.33 bits per heavy atom. The van der Waals surface area contributed by atoms with Crippen LogP contribution in [-0.4, -0.2) is 22.0 Å². The zero-order valence-corrected chi connectivity index (χ0v) is 14.1. The number of nitrogens with zero attached hydrogens (tertiary/aromatic N) is 3. The maximum Gasteiger partial charge on any atom is 0.421 e. The summed E-state index contributed by atoms with van der Waals surface area (Å²) in [6.45, 7) is 1.46.